The van der Waals surface area contributed by atoms with Gasteiger partial charge in [0, 0.05) is 13.1 Å². The summed E-state index contributed by atoms with van der Waals surface area (Å²) in [6, 6.07) is -0.334. The zero-order chi connectivity index (χ0) is 13.7. The molecule has 0 aliphatic rings. The summed E-state index contributed by atoms with van der Waals surface area (Å²) in [6.45, 7) is 9.04. The molecule has 0 aromatic carbocycles. The fraction of sp³-hybridized carbons (Fsp3) is 0.667. The second kappa shape index (κ2) is 6.28. The number of aromatic nitrogens is 2. The monoisotopic (exact) mass is 253 g/mol. The standard InChI is InChI=1S/C12H23N5O/c1-5-7-17-11(10(13)8(3)16-17)15-9(4)12(18)14-6-2/h9,15H,5-7,13H2,1-4H3,(H,14,18). The lowest BCUT2D eigenvalue weighted by atomic mass is 10.3. The summed E-state index contributed by atoms with van der Waals surface area (Å²) in [5, 5.41) is 10.3. The Balaban J connectivity index is 2.85. The number of carbonyl (C=O) groups is 1. The second-order valence-electron chi connectivity index (χ2n) is 4.33. The van der Waals surface area contributed by atoms with Crippen LogP contribution >= 0.6 is 0 Å². The van der Waals surface area contributed by atoms with Crippen molar-refractivity contribution in [2.24, 2.45) is 0 Å². The third-order valence-corrected chi connectivity index (χ3v) is 2.71. The van der Waals surface area contributed by atoms with Crippen LogP contribution in [0.1, 0.15) is 32.9 Å². The minimum atomic E-state index is -0.334. The normalized spacial score (nSPS) is 12.2. The molecule has 6 nitrogen and oxygen atoms in total. The van der Waals surface area contributed by atoms with Crippen LogP contribution in [-0.4, -0.2) is 28.3 Å². The highest BCUT2D eigenvalue weighted by molar-refractivity contribution is 5.85. The number of carbonyl (C=O) groups excluding carboxylic acids is 1. The van der Waals surface area contributed by atoms with Crippen molar-refractivity contribution in [2.45, 2.75) is 46.7 Å². The van der Waals surface area contributed by atoms with Crippen LogP contribution in [0, 0.1) is 6.92 Å². The van der Waals surface area contributed by atoms with Crippen molar-refractivity contribution in [1.82, 2.24) is 15.1 Å². The van der Waals surface area contributed by atoms with E-state index in [1.54, 1.807) is 0 Å². The Kier molecular flexibility index (Phi) is 5.00. The lowest BCUT2D eigenvalue weighted by Crippen LogP contribution is -2.38. The summed E-state index contributed by atoms with van der Waals surface area (Å²) in [5.41, 5.74) is 7.38. The van der Waals surface area contributed by atoms with Gasteiger partial charge in [0.15, 0.2) is 0 Å². The molecule has 1 amide bonds. The largest absolute Gasteiger partial charge is 0.394 e. The van der Waals surface area contributed by atoms with Gasteiger partial charge >= 0.3 is 0 Å². The van der Waals surface area contributed by atoms with E-state index in [-0.39, 0.29) is 11.9 Å². The molecular weight excluding hydrogens is 230 g/mol. The molecule has 0 aliphatic heterocycles. The highest BCUT2D eigenvalue weighted by Crippen LogP contribution is 2.23. The van der Waals surface area contributed by atoms with E-state index in [0.29, 0.717) is 12.2 Å². The van der Waals surface area contributed by atoms with Gasteiger partial charge in [-0.1, -0.05) is 6.92 Å². The van der Waals surface area contributed by atoms with Crippen molar-refractivity contribution < 1.29 is 4.79 Å². The molecule has 4 N–H and O–H groups in total. The molecule has 18 heavy (non-hydrogen) atoms. The second-order valence-corrected chi connectivity index (χ2v) is 4.33. The van der Waals surface area contributed by atoms with Gasteiger partial charge in [-0.2, -0.15) is 5.10 Å². The average molecular weight is 253 g/mol. The summed E-state index contributed by atoms with van der Waals surface area (Å²) in [4.78, 5) is 11.7. The molecule has 1 rings (SSSR count). The van der Waals surface area contributed by atoms with Crippen LogP contribution in [0.5, 0.6) is 0 Å². The topological polar surface area (TPSA) is 85.0 Å². The summed E-state index contributed by atoms with van der Waals surface area (Å²) in [5.74, 6) is 0.687. The first-order valence-electron chi connectivity index (χ1n) is 6.38. The number of hydrogen-bond acceptors (Lipinski definition) is 4. The van der Waals surface area contributed by atoms with E-state index < -0.39 is 0 Å². The van der Waals surface area contributed by atoms with Gasteiger partial charge in [-0.25, -0.2) is 4.68 Å². The van der Waals surface area contributed by atoms with Crippen molar-refractivity contribution in [3.63, 3.8) is 0 Å². The molecule has 0 spiro atoms. The first kappa shape index (κ1) is 14.3. The maximum absolute atomic E-state index is 11.7. The number of aryl methyl sites for hydroxylation is 2. The molecule has 1 aromatic heterocycles. The van der Waals surface area contributed by atoms with Gasteiger partial charge in [-0.05, 0) is 27.2 Å². The maximum Gasteiger partial charge on any atom is 0.242 e. The van der Waals surface area contributed by atoms with Crippen molar-refractivity contribution in [1.29, 1.82) is 0 Å². The van der Waals surface area contributed by atoms with Gasteiger partial charge < -0.3 is 16.4 Å². The molecule has 1 heterocycles. The predicted octanol–water partition coefficient (Wildman–Crippen LogP) is 1.12. The number of nitrogens with zero attached hydrogens (tertiary/aromatic N) is 2. The average Bonchev–Trinajstić information content (AvgIpc) is 2.58. The zero-order valence-corrected chi connectivity index (χ0v) is 11.6. The quantitative estimate of drug-likeness (QED) is 0.709. The Morgan fingerprint density at radius 3 is 2.72 bits per heavy atom. The van der Waals surface area contributed by atoms with E-state index in [1.165, 1.54) is 0 Å². The SMILES string of the molecule is CCCn1nc(C)c(N)c1NC(C)C(=O)NCC. The van der Waals surface area contributed by atoms with Gasteiger partial charge in [-0.3, -0.25) is 4.79 Å². The Morgan fingerprint density at radius 2 is 2.17 bits per heavy atom. The van der Waals surface area contributed by atoms with Crippen LogP contribution in [0.3, 0.4) is 0 Å². The number of hydrogen-bond donors (Lipinski definition) is 3. The van der Waals surface area contributed by atoms with Crippen molar-refractivity contribution in [3.05, 3.63) is 5.69 Å². The maximum atomic E-state index is 11.7. The van der Waals surface area contributed by atoms with Crippen LogP contribution in [0.25, 0.3) is 0 Å². The Morgan fingerprint density at radius 1 is 1.50 bits per heavy atom. The molecule has 102 valence electrons. The number of nitrogens with two attached hydrogens (primary N) is 1. The summed E-state index contributed by atoms with van der Waals surface area (Å²) in [7, 11) is 0. The zero-order valence-electron chi connectivity index (χ0n) is 11.6. The van der Waals surface area contributed by atoms with E-state index in [0.717, 1.165) is 24.5 Å². The number of likely N-dealkylation sites (N-methyl/N-ethyl adjacent to an activating group) is 1. The fourth-order valence-electron chi connectivity index (χ4n) is 1.72. The van der Waals surface area contributed by atoms with Crippen molar-refractivity contribution >= 4 is 17.4 Å². The van der Waals surface area contributed by atoms with Crippen molar-refractivity contribution in [3.8, 4) is 0 Å². The third kappa shape index (κ3) is 3.15. The summed E-state index contributed by atoms with van der Waals surface area (Å²) >= 11 is 0. The van der Waals surface area contributed by atoms with Crippen LogP contribution < -0.4 is 16.4 Å². The summed E-state index contributed by atoms with van der Waals surface area (Å²) in [6.07, 6.45) is 0.963. The predicted molar refractivity (Wildman–Crippen MR) is 73.4 cm³/mol. The smallest absolute Gasteiger partial charge is 0.242 e. The van der Waals surface area contributed by atoms with Gasteiger partial charge in [0.2, 0.25) is 5.91 Å². The fourth-order valence-corrected chi connectivity index (χ4v) is 1.72. The van der Waals surface area contributed by atoms with Crippen LogP contribution in [0.4, 0.5) is 11.5 Å². The van der Waals surface area contributed by atoms with Crippen LogP contribution in [0.2, 0.25) is 0 Å². The van der Waals surface area contributed by atoms with E-state index in [9.17, 15) is 4.79 Å². The number of amides is 1. The number of rotatable bonds is 6. The molecule has 1 aromatic rings. The Labute approximate surface area is 108 Å². The molecule has 0 saturated carbocycles. The number of nitrogen functional groups attached to an aromatic ring is 1. The van der Waals surface area contributed by atoms with E-state index in [1.807, 2.05) is 25.5 Å². The molecule has 0 aliphatic carbocycles. The Bertz CT molecular complexity index is 413. The first-order valence-corrected chi connectivity index (χ1v) is 6.38. The van der Waals surface area contributed by atoms with Crippen molar-refractivity contribution in [2.75, 3.05) is 17.6 Å². The van der Waals surface area contributed by atoms with E-state index in [2.05, 4.69) is 22.7 Å². The minimum Gasteiger partial charge on any atom is -0.394 e. The van der Waals surface area contributed by atoms with E-state index >= 15 is 0 Å². The minimum absolute atomic E-state index is 0.0428. The van der Waals surface area contributed by atoms with Gasteiger partial charge in [-0.15, -0.1) is 0 Å². The summed E-state index contributed by atoms with van der Waals surface area (Å²) < 4.78 is 1.82. The van der Waals surface area contributed by atoms with Gasteiger partial charge in [0.05, 0.1) is 11.4 Å². The molecule has 1 atom stereocenters. The van der Waals surface area contributed by atoms with Gasteiger partial charge in [0.1, 0.15) is 11.9 Å². The molecular formula is C12H23N5O. The van der Waals surface area contributed by atoms with E-state index in [4.69, 9.17) is 5.73 Å². The van der Waals surface area contributed by atoms with Gasteiger partial charge in [0.25, 0.3) is 0 Å². The van der Waals surface area contributed by atoms with Crippen LogP contribution in [-0.2, 0) is 11.3 Å². The molecule has 6 heteroatoms. The first-order chi connectivity index (χ1) is 8.51. The molecule has 0 saturated heterocycles. The number of nitrogens with one attached hydrogen (secondary N) is 2. The highest BCUT2D eigenvalue weighted by Gasteiger charge is 2.17. The van der Waals surface area contributed by atoms with Crippen LogP contribution in [0.15, 0.2) is 0 Å². The lowest BCUT2D eigenvalue weighted by molar-refractivity contribution is -0.121. The number of anilines is 2. The molecule has 1 unspecified atom stereocenters. The third-order valence-electron chi connectivity index (χ3n) is 2.71. The lowest BCUT2D eigenvalue weighted by Gasteiger charge is -2.16. The molecule has 0 fully saturated rings. The highest BCUT2D eigenvalue weighted by atomic mass is 16.2. The molecule has 0 radical (unpaired) electrons. The molecule has 0 bridgehead atoms. The Hall–Kier alpha value is -1.72.